The maximum atomic E-state index is 12.1. The summed E-state index contributed by atoms with van der Waals surface area (Å²) >= 11 is 0. The summed E-state index contributed by atoms with van der Waals surface area (Å²) in [6, 6.07) is 0. The van der Waals surface area contributed by atoms with Gasteiger partial charge in [-0.05, 0) is 49.9 Å². The zero-order valence-corrected chi connectivity index (χ0v) is 12.9. The topological polar surface area (TPSA) is 17.1 Å². The number of carbonyl (C=O) groups excluding carboxylic acids is 1. The van der Waals surface area contributed by atoms with Crippen molar-refractivity contribution >= 4 is 5.78 Å². The highest BCUT2D eigenvalue weighted by Gasteiger charge is 2.55. The third-order valence-electron chi connectivity index (χ3n) is 6.59. The van der Waals surface area contributed by atoms with Crippen molar-refractivity contribution in [3.63, 3.8) is 0 Å². The van der Waals surface area contributed by atoms with Gasteiger partial charge < -0.3 is 0 Å². The van der Waals surface area contributed by atoms with Crippen molar-refractivity contribution in [1.29, 1.82) is 0 Å². The van der Waals surface area contributed by atoms with Crippen molar-refractivity contribution < 1.29 is 4.79 Å². The van der Waals surface area contributed by atoms with E-state index in [1.165, 1.54) is 32.1 Å². The molecule has 1 unspecified atom stereocenters. The van der Waals surface area contributed by atoms with Gasteiger partial charge in [-0.2, -0.15) is 0 Å². The average Bonchev–Trinajstić information content (AvgIpc) is 2.44. The number of hydrogen-bond acceptors (Lipinski definition) is 1. The number of fused-ring (bicyclic) bond motifs is 3. The monoisotopic (exact) mass is 270 g/mol. The van der Waals surface area contributed by atoms with E-state index in [-0.39, 0.29) is 16.7 Å². The van der Waals surface area contributed by atoms with E-state index < -0.39 is 0 Å². The first-order chi connectivity index (χ1) is 9.53. The van der Waals surface area contributed by atoms with Gasteiger partial charge in [0.05, 0.1) is 0 Å². The van der Waals surface area contributed by atoms with Crippen LogP contribution in [0.3, 0.4) is 0 Å². The lowest BCUT2D eigenvalue weighted by atomic mass is 9.46. The van der Waals surface area contributed by atoms with E-state index in [0.717, 1.165) is 19.3 Å². The van der Waals surface area contributed by atoms with Crippen LogP contribution in [-0.2, 0) is 4.79 Å². The summed E-state index contributed by atoms with van der Waals surface area (Å²) in [4.78, 5) is 12.1. The zero-order chi connectivity index (χ0) is 14.4. The van der Waals surface area contributed by atoms with E-state index in [0.29, 0.717) is 11.7 Å². The fraction of sp³-hybridized carbons (Fsp3) is 0.737. The summed E-state index contributed by atoms with van der Waals surface area (Å²) in [5, 5.41) is 0. The van der Waals surface area contributed by atoms with E-state index in [9.17, 15) is 4.79 Å². The minimum Gasteiger partial charge on any atom is -0.299 e. The number of Topliss-reactive ketones (excluding diaryl/α,β-unsaturated/α-hetero) is 1. The Bertz CT molecular complexity index is 494. The lowest BCUT2D eigenvalue weighted by molar-refractivity contribution is -0.131. The molecule has 3 aliphatic rings. The van der Waals surface area contributed by atoms with Crippen molar-refractivity contribution in [2.75, 3.05) is 0 Å². The van der Waals surface area contributed by atoms with Crippen LogP contribution in [0, 0.1) is 35.0 Å². The van der Waals surface area contributed by atoms with Crippen LogP contribution in [0.15, 0.2) is 11.6 Å². The second kappa shape index (κ2) is 4.76. The highest BCUT2D eigenvalue weighted by Crippen LogP contribution is 2.63. The maximum absolute atomic E-state index is 12.1. The maximum Gasteiger partial charge on any atom is 0.136 e. The first kappa shape index (κ1) is 13.9. The van der Waals surface area contributed by atoms with Gasteiger partial charge in [-0.25, -0.2) is 0 Å². The Morgan fingerprint density at radius 3 is 2.95 bits per heavy atom. The number of terminal acetylenes is 1. The molecule has 20 heavy (non-hydrogen) atoms. The quantitative estimate of drug-likeness (QED) is 0.505. The Morgan fingerprint density at radius 1 is 1.40 bits per heavy atom. The molecule has 0 spiro atoms. The van der Waals surface area contributed by atoms with Crippen LogP contribution in [-0.4, -0.2) is 5.78 Å². The normalized spacial score (nSPS) is 44.0. The van der Waals surface area contributed by atoms with Gasteiger partial charge in [-0.3, -0.25) is 4.79 Å². The molecule has 2 saturated carbocycles. The molecule has 2 fully saturated rings. The summed E-state index contributed by atoms with van der Waals surface area (Å²) in [6.07, 6.45) is 17.0. The van der Waals surface area contributed by atoms with E-state index in [2.05, 4.69) is 25.8 Å². The highest BCUT2D eigenvalue weighted by molar-refractivity contribution is 5.82. The molecule has 1 heteroatoms. The van der Waals surface area contributed by atoms with Gasteiger partial charge in [-0.15, -0.1) is 12.3 Å². The van der Waals surface area contributed by atoms with Gasteiger partial charge in [0.1, 0.15) is 5.78 Å². The highest BCUT2D eigenvalue weighted by atomic mass is 16.1. The predicted octanol–water partition coefficient (Wildman–Crippen LogP) is 4.52. The second-order valence-corrected chi connectivity index (χ2v) is 7.49. The van der Waals surface area contributed by atoms with Crippen LogP contribution < -0.4 is 0 Å². The van der Waals surface area contributed by atoms with Gasteiger partial charge in [0.15, 0.2) is 0 Å². The Labute approximate surface area is 123 Å². The molecule has 0 radical (unpaired) electrons. The molecule has 0 heterocycles. The molecule has 0 bridgehead atoms. The number of ketones is 1. The molecular formula is C19H26O. The van der Waals surface area contributed by atoms with Crippen LogP contribution in [0.2, 0.25) is 0 Å². The molecule has 1 nitrogen and oxygen atoms in total. The smallest absolute Gasteiger partial charge is 0.136 e. The lowest BCUT2D eigenvalue weighted by Crippen LogP contribution is -2.50. The van der Waals surface area contributed by atoms with Gasteiger partial charge in [0, 0.05) is 24.2 Å². The number of allylic oxidation sites excluding steroid dienone is 2. The Kier molecular flexibility index (Phi) is 3.32. The van der Waals surface area contributed by atoms with E-state index in [1.54, 1.807) is 5.57 Å². The molecule has 0 aliphatic heterocycles. The fourth-order valence-electron chi connectivity index (χ4n) is 5.51. The molecule has 3 rings (SSSR count). The van der Waals surface area contributed by atoms with Gasteiger partial charge in [-0.1, -0.05) is 25.5 Å². The van der Waals surface area contributed by atoms with Crippen molar-refractivity contribution in [1.82, 2.24) is 0 Å². The van der Waals surface area contributed by atoms with Crippen LogP contribution in [0.5, 0.6) is 0 Å². The third kappa shape index (κ3) is 1.80. The molecular weight excluding hydrogens is 244 g/mol. The van der Waals surface area contributed by atoms with Crippen LogP contribution in [0.4, 0.5) is 0 Å². The SMILES string of the molecule is C#CC[C@]12CCCC=C1[C@@]1(C)CCC(=O)[C@H](C)C1CC2. The fourth-order valence-corrected chi connectivity index (χ4v) is 5.51. The van der Waals surface area contributed by atoms with Crippen molar-refractivity contribution in [2.24, 2.45) is 22.7 Å². The Balaban J connectivity index is 2.03. The molecule has 4 atom stereocenters. The minimum atomic E-state index is 0.225. The molecule has 108 valence electrons. The lowest BCUT2D eigenvalue weighted by Gasteiger charge is -2.58. The molecule has 0 aromatic heterocycles. The average molecular weight is 270 g/mol. The molecule has 0 aromatic carbocycles. The number of carbonyl (C=O) groups is 1. The van der Waals surface area contributed by atoms with E-state index >= 15 is 0 Å². The first-order valence-corrected chi connectivity index (χ1v) is 8.21. The largest absolute Gasteiger partial charge is 0.299 e. The Morgan fingerprint density at radius 2 is 2.20 bits per heavy atom. The van der Waals surface area contributed by atoms with Gasteiger partial charge in [0.2, 0.25) is 0 Å². The summed E-state index contributed by atoms with van der Waals surface area (Å²) < 4.78 is 0. The third-order valence-corrected chi connectivity index (χ3v) is 6.59. The van der Waals surface area contributed by atoms with Crippen molar-refractivity contribution in [3.8, 4) is 12.3 Å². The van der Waals surface area contributed by atoms with E-state index in [1.807, 2.05) is 0 Å². The van der Waals surface area contributed by atoms with E-state index in [4.69, 9.17) is 6.42 Å². The van der Waals surface area contributed by atoms with Crippen LogP contribution >= 0.6 is 0 Å². The molecule has 0 N–H and O–H groups in total. The predicted molar refractivity (Wildman–Crippen MR) is 82.1 cm³/mol. The molecule has 0 amide bonds. The second-order valence-electron chi connectivity index (χ2n) is 7.49. The molecule has 0 aromatic rings. The van der Waals surface area contributed by atoms with Gasteiger partial charge >= 0.3 is 0 Å². The van der Waals surface area contributed by atoms with Crippen LogP contribution in [0.1, 0.15) is 65.2 Å². The zero-order valence-electron chi connectivity index (χ0n) is 12.9. The number of hydrogen-bond donors (Lipinski definition) is 0. The van der Waals surface area contributed by atoms with Gasteiger partial charge in [0.25, 0.3) is 0 Å². The molecule has 3 aliphatic carbocycles. The van der Waals surface area contributed by atoms with Crippen molar-refractivity contribution in [2.45, 2.75) is 65.2 Å². The standard InChI is InChI=1S/C19H26O/c1-4-10-19-11-6-5-7-17(19)18(3)12-9-16(20)14(2)15(18)8-13-19/h1,7,14-15H,5-6,8-13H2,2-3H3/t14-,15?,18+,19-/m1/s1. The summed E-state index contributed by atoms with van der Waals surface area (Å²) in [5.74, 6) is 4.21. The van der Waals surface area contributed by atoms with Crippen molar-refractivity contribution in [3.05, 3.63) is 11.6 Å². The first-order valence-electron chi connectivity index (χ1n) is 8.21. The minimum absolute atomic E-state index is 0.225. The Hall–Kier alpha value is -1.03. The molecule has 0 saturated heterocycles. The summed E-state index contributed by atoms with van der Waals surface area (Å²) in [7, 11) is 0. The number of rotatable bonds is 1. The summed E-state index contributed by atoms with van der Waals surface area (Å²) in [5.41, 5.74) is 2.12. The van der Waals surface area contributed by atoms with Crippen LogP contribution in [0.25, 0.3) is 0 Å². The summed E-state index contributed by atoms with van der Waals surface area (Å²) in [6.45, 7) is 4.57.